The Morgan fingerprint density at radius 3 is 2.13 bits per heavy atom. The molecule has 2 bridgehead atoms. The Kier molecular flexibility index (Phi) is 10.8. The molecule has 0 radical (unpaired) electrons. The Balaban J connectivity index is 0.920. The van der Waals surface area contributed by atoms with Gasteiger partial charge in [-0.15, -0.1) is 11.3 Å². The Labute approximate surface area is 359 Å². The number of nitrogens with one attached hydrogen (secondary N) is 3. The Hall–Kier alpha value is -5.76. The van der Waals surface area contributed by atoms with Crippen molar-refractivity contribution in [3.05, 3.63) is 72.2 Å². The maximum absolute atomic E-state index is 14.1. The maximum Gasteiger partial charge on any atom is 0.407 e. The number of hydrogen-bond donors (Lipinski definition) is 3. The highest BCUT2D eigenvalue weighted by Crippen LogP contribution is 2.46. The van der Waals surface area contributed by atoms with Gasteiger partial charge in [0.05, 0.1) is 43.9 Å². The Morgan fingerprint density at radius 1 is 0.803 bits per heavy atom. The molecule has 1 saturated carbocycles. The number of methoxy groups -OCH3 is 2. The second-order valence-electron chi connectivity index (χ2n) is 17.7. The topological polar surface area (TPSA) is 158 Å². The number of thiophene rings is 1. The molecule has 9 rings (SSSR count). The van der Waals surface area contributed by atoms with Crippen LogP contribution in [0.3, 0.4) is 0 Å². The number of nitrogens with zero attached hydrogens (tertiary/aromatic N) is 4. The SMILES string of the molecule is COC(=O)N[C@H](C(=O)N1CCC[C@H]1c1ncc(-c2ccc3c(c2)sc2cc(-c4ccc5c(c4)CC([C@@H]4[C@H]6CC[C@H](C6)N4C(=O)[C@@H](NC(=O)OC)C(C)C)=N5)ccc23)[nH]1)C(C)C. The van der Waals surface area contributed by atoms with Crippen molar-refractivity contribution in [1.29, 1.82) is 0 Å². The van der Waals surface area contributed by atoms with Crippen molar-refractivity contribution in [3.8, 4) is 22.4 Å². The zero-order chi connectivity index (χ0) is 42.7. The van der Waals surface area contributed by atoms with E-state index in [-0.39, 0.29) is 41.8 Å². The number of alkyl carbamates (subject to hydrolysis) is 2. The lowest BCUT2D eigenvalue weighted by atomic mass is 9.90. The minimum absolute atomic E-state index is 0.0496. The summed E-state index contributed by atoms with van der Waals surface area (Å²) in [4.78, 5) is 69.3. The highest BCUT2D eigenvalue weighted by molar-refractivity contribution is 7.25. The van der Waals surface area contributed by atoms with E-state index in [9.17, 15) is 19.2 Å². The van der Waals surface area contributed by atoms with Gasteiger partial charge in [-0.05, 0) is 90.8 Å². The van der Waals surface area contributed by atoms with Gasteiger partial charge in [0.25, 0.3) is 0 Å². The normalized spacial score (nSPS) is 21.6. The monoisotopic (exact) mass is 843 g/mol. The van der Waals surface area contributed by atoms with Crippen LogP contribution in [-0.4, -0.2) is 94.4 Å². The van der Waals surface area contributed by atoms with E-state index >= 15 is 0 Å². The van der Waals surface area contributed by atoms with Gasteiger partial charge in [-0.1, -0.05) is 58.0 Å². The lowest BCUT2D eigenvalue weighted by Gasteiger charge is -2.38. The zero-order valence-electron chi connectivity index (χ0n) is 35.5. The number of aliphatic imine (C=N–C) groups is 1. The standard InChI is InChI=1S/C47H53N7O6S/c1-24(2)40(51-46(57)59-5)44(55)53-17-7-8-37(53)43-48-23-36(50-43)28-11-15-33-32-14-10-27(21-38(32)61-39(33)22-28)26-12-16-34-30(18-26)20-35(49-34)42-29-9-13-31(19-29)54(42)45(56)41(25(3)4)52-47(58)60-6/h10-12,14-16,18,21-25,29,31,37,40-42H,7-9,13,17,19-20H2,1-6H3,(H,48,50)(H,51,57)(H,52,58)/t29-,31+,37-,40-,41-,42-/m0/s1. The van der Waals surface area contributed by atoms with Crippen LogP contribution < -0.4 is 10.6 Å². The van der Waals surface area contributed by atoms with Crippen LogP contribution in [0, 0.1) is 17.8 Å². The van der Waals surface area contributed by atoms with Crippen molar-refractivity contribution in [3.63, 3.8) is 0 Å². The number of fused-ring (bicyclic) bond motifs is 6. The lowest BCUT2D eigenvalue weighted by molar-refractivity contribution is -0.137. The van der Waals surface area contributed by atoms with Crippen LogP contribution in [0.2, 0.25) is 0 Å². The Bertz CT molecular complexity index is 2580. The molecule has 0 unspecified atom stereocenters. The van der Waals surface area contributed by atoms with Crippen molar-refractivity contribution in [2.75, 3.05) is 20.8 Å². The molecule has 318 valence electrons. The van der Waals surface area contributed by atoms with Crippen LogP contribution in [0.4, 0.5) is 15.3 Å². The van der Waals surface area contributed by atoms with E-state index in [4.69, 9.17) is 19.5 Å². The number of aromatic nitrogens is 2. The van der Waals surface area contributed by atoms with Gasteiger partial charge >= 0.3 is 12.2 Å². The molecule has 2 saturated heterocycles. The first-order valence-electron chi connectivity index (χ1n) is 21.5. The number of aromatic amines is 1. The van der Waals surface area contributed by atoms with Gasteiger partial charge in [0.15, 0.2) is 0 Å². The fourth-order valence-corrected chi connectivity index (χ4v) is 11.3. The average molecular weight is 844 g/mol. The van der Waals surface area contributed by atoms with E-state index in [1.807, 2.05) is 43.7 Å². The van der Waals surface area contributed by atoms with E-state index in [0.29, 0.717) is 18.9 Å². The number of hydrogen-bond acceptors (Lipinski definition) is 9. The summed E-state index contributed by atoms with van der Waals surface area (Å²) in [5.74, 6) is 0.737. The van der Waals surface area contributed by atoms with Gasteiger partial charge in [-0.25, -0.2) is 14.6 Å². The van der Waals surface area contributed by atoms with E-state index < -0.39 is 24.3 Å². The molecule has 1 aliphatic carbocycles. The highest BCUT2D eigenvalue weighted by atomic mass is 32.1. The molecule has 3 aliphatic heterocycles. The lowest BCUT2D eigenvalue weighted by Crippen LogP contribution is -2.57. The zero-order valence-corrected chi connectivity index (χ0v) is 36.3. The maximum atomic E-state index is 14.1. The summed E-state index contributed by atoms with van der Waals surface area (Å²) < 4.78 is 12.0. The van der Waals surface area contributed by atoms with Crippen LogP contribution in [-0.2, 0) is 25.5 Å². The highest BCUT2D eigenvalue weighted by Gasteiger charge is 2.52. The summed E-state index contributed by atoms with van der Waals surface area (Å²) in [6.07, 6.45) is 6.00. The van der Waals surface area contributed by atoms with Crippen molar-refractivity contribution < 1.29 is 28.7 Å². The van der Waals surface area contributed by atoms with Gasteiger partial charge in [-0.2, -0.15) is 0 Å². The molecular formula is C47H53N7O6S. The number of carbonyl (C=O) groups excluding carboxylic acids is 4. The van der Waals surface area contributed by atoms with Crippen molar-refractivity contribution in [2.45, 2.75) is 96.4 Å². The summed E-state index contributed by atoms with van der Waals surface area (Å²) >= 11 is 1.76. The van der Waals surface area contributed by atoms with Crippen molar-refractivity contribution in [1.82, 2.24) is 30.4 Å². The van der Waals surface area contributed by atoms with Crippen LogP contribution in [0.15, 0.2) is 65.8 Å². The first-order valence-corrected chi connectivity index (χ1v) is 22.3. The van der Waals surface area contributed by atoms with Crippen LogP contribution in [0.25, 0.3) is 42.6 Å². The number of piperidine rings is 1. The number of likely N-dealkylation sites (tertiary alicyclic amines) is 2. The van der Waals surface area contributed by atoms with E-state index in [2.05, 4.69) is 70.2 Å². The van der Waals surface area contributed by atoms with Gasteiger partial charge in [0, 0.05) is 50.5 Å². The third kappa shape index (κ3) is 7.42. The third-order valence-electron chi connectivity index (χ3n) is 13.2. The number of ether oxygens (including phenoxy) is 2. The molecule has 0 spiro atoms. The summed E-state index contributed by atoms with van der Waals surface area (Å²) in [5, 5.41) is 7.91. The molecule has 5 heterocycles. The van der Waals surface area contributed by atoms with E-state index in [1.165, 1.54) is 40.0 Å². The van der Waals surface area contributed by atoms with Gasteiger partial charge in [-0.3, -0.25) is 14.6 Å². The van der Waals surface area contributed by atoms with Crippen molar-refractivity contribution in [2.24, 2.45) is 22.7 Å². The first-order chi connectivity index (χ1) is 29.4. The summed E-state index contributed by atoms with van der Waals surface area (Å²) in [6, 6.07) is 18.2. The quantitative estimate of drug-likeness (QED) is 0.127. The summed E-state index contributed by atoms with van der Waals surface area (Å²) in [5.41, 5.74) is 7.33. The molecule has 3 N–H and O–H groups in total. The van der Waals surface area contributed by atoms with Crippen LogP contribution >= 0.6 is 11.3 Å². The minimum atomic E-state index is -0.688. The second-order valence-corrected chi connectivity index (χ2v) is 18.7. The molecule has 2 aromatic heterocycles. The first kappa shape index (κ1) is 40.6. The number of H-pyrrole nitrogens is 1. The predicted octanol–water partition coefficient (Wildman–Crippen LogP) is 8.54. The molecule has 3 fully saturated rings. The number of imidazole rings is 1. The summed E-state index contributed by atoms with van der Waals surface area (Å²) in [7, 11) is 2.62. The predicted molar refractivity (Wildman–Crippen MR) is 237 cm³/mol. The smallest absolute Gasteiger partial charge is 0.407 e. The van der Waals surface area contributed by atoms with Gasteiger partial charge in [0.1, 0.15) is 17.9 Å². The van der Waals surface area contributed by atoms with Crippen molar-refractivity contribution >= 4 is 66.9 Å². The fraction of sp³-hybridized carbons (Fsp3) is 0.447. The molecule has 14 heteroatoms. The second kappa shape index (κ2) is 16.3. The number of benzene rings is 3. The number of carbonyl (C=O) groups is 4. The van der Waals surface area contributed by atoms with Gasteiger partial charge in [0.2, 0.25) is 11.8 Å². The largest absolute Gasteiger partial charge is 0.453 e. The molecule has 4 amide bonds. The van der Waals surface area contributed by atoms with E-state index in [0.717, 1.165) is 71.7 Å². The van der Waals surface area contributed by atoms with Crippen LogP contribution in [0.1, 0.15) is 77.2 Å². The molecular weight excluding hydrogens is 791 g/mol. The molecule has 3 aromatic carbocycles. The molecule has 61 heavy (non-hydrogen) atoms. The molecule has 5 aromatic rings. The minimum Gasteiger partial charge on any atom is -0.453 e. The molecule has 4 aliphatic rings. The molecule has 13 nitrogen and oxygen atoms in total. The van der Waals surface area contributed by atoms with E-state index in [1.54, 1.807) is 11.3 Å². The third-order valence-corrected chi connectivity index (χ3v) is 14.4. The summed E-state index contributed by atoms with van der Waals surface area (Å²) in [6.45, 7) is 8.32. The van der Waals surface area contributed by atoms with Crippen LogP contribution in [0.5, 0.6) is 0 Å². The fourth-order valence-electron chi connectivity index (χ4n) is 10.1. The molecule has 6 atom stereocenters. The Morgan fingerprint density at radius 2 is 1.44 bits per heavy atom. The number of amides is 4. The van der Waals surface area contributed by atoms with Gasteiger partial charge < -0.3 is 34.9 Å². The average Bonchev–Trinajstić information content (AvgIpc) is 4.12. The number of rotatable bonds is 10.